The van der Waals surface area contributed by atoms with Crippen molar-refractivity contribution in [3.8, 4) is 0 Å². The van der Waals surface area contributed by atoms with Crippen LogP contribution in [0, 0.1) is 5.41 Å². The van der Waals surface area contributed by atoms with Gasteiger partial charge in [0.05, 0.1) is 0 Å². The van der Waals surface area contributed by atoms with Crippen molar-refractivity contribution in [2.75, 3.05) is 0 Å². The fourth-order valence-electron chi connectivity index (χ4n) is 2.60. The van der Waals surface area contributed by atoms with Crippen LogP contribution >= 0.6 is 0 Å². The maximum Gasteiger partial charge on any atom is 0.00957 e. The van der Waals surface area contributed by atoms with Crippen molar-refractivity contribution in [3.05, 3.63) is 0 Å². The van der Waals surface area contributed by atoms with Crippen molar-refractivity contribution in [2.45, 2.75) is 51.0 Å². The zero-order valence-electron chi connectivity index (χ0n) is 6.60. The Morgan fingerprint density at radius 2 is 1.70 bits per heavy atom. The molecule has 1 unspecified atom stereocenters. The van der Waals surface area contributed by atoms with Gasteiger partial charge in [0.1, 0.15) is 0 Å². The molecule has 0 heterocycles. The van der Waals surface area contributed by atoms with Crippen molar-refractivity contribution in [3.63, 3.8) is 0 Å². The molecular weight excluding hydrogens is 122 g/mol. The predicted molar refractivity (Wildman–Crippen MR) is 42.7 cm³/mol. The van der Waals surface area contributed by atoms with E-state index < -0.39 is 0 Å². The zero-order chi connectivity index (χ0) is 7.03. The first-order valence-corrected chi connectivity index (χ1v) is 4.59. The molecule has 1 nitrogen and oxygen atoms in total. The maximum absolute atomic E-state index is 5.99. The second kappa shape index (κ2) is 2.23. The first kappa shape index (κ1) is 6.66. The first-order chi connectivity index (χ1) is 4.83. The Kier molecular flexibility index (Phi) is 1.48. The lowest BCUT2D eigenvalue weighted by Gasteiger charge is -2.50. The average Bonchev–Trinajstić information content (AvgIpc) is 2.04. The van der Waals surface area contributed by atoms with Crippen LogP contribution < -0.4 is 5.73 Å². The molecule has 0 aromatic carbocycles. The second-order valence-corrected chi connectivity index (χ2v) is 4.07. The fourth-order valence-corrected chi connectivity index (χ4v) is 2.60. The van der Waals surface area contributed by atoms with Crippen LogP contribution in [0.5, 0.6) is 0 Å². The average molecular weight is 139 g/mol. The van der Waals surface area contributed by atoms with Crippen molar-refractivity contribution in [1.29, 1.82) is 0 Å². The van der Waals surface area contributed by atoms with E-state index in [-0.39, 0.29) is 0 Å². The molecular formula is C9H17N. The largest absolute Gasteiger partial charge is 0.327 e. The van der Waals surface area contributed by atoms with Gasteiger partial charge >= 0.3 is 0 Å². The molecule has 1 atom stereocenters. The SMILES string of the molecule is NC1CCC12CCCCC2. The summed E-state index contributed by atoms with van der Waals surface area (Å²) in [5.41, 5.74) is 6.63. The second-order valence-electron chi connectivity index (χ2n) is 4.07. The van der Waals surface area contributed by atoms with Crippen LogP contribution in [0.3, 0.4) is 0 Å². The summed E-state index contributed by atoms with van der Waals surface area (Å²) >= 11 is 0. The smallest absolute Gasteiger partial charge is 0.00957 e. The van der Waals surface area contributed by atoms with E-state index >= 15 is 0 Å². The van der Waals surface area contributed by atoms with Crippen LogP contribution in [0.4, 0.5) is 0 Å². The summed E-state index contributed by atoms with van der Waals surface area (Å²) in [7, 11) is 0. The minimum Gasteiger partial charge on any atom is -0.327 e. The van der Waals surface area contributed by atoms with Crippen LogP contribution in [-0.2, 0) is 0 Å². The number of nitrogens with two attached hydrogens (primary N) is 1. The van der Waals surface area contributed by atoms with Gasteiger partial charge in [-0.1, -0.05) is 19.3 Å². The lowest BCUT2D eigenvalue weighted by atomic mass is 9.58. The van der Waals surface area contributed by atoms with Crippen LogP contribution in [0.1, 0.15) is 44.9 Å². The highest BCUT2D eigenvalue weighted by Gasteiger charge is 2.44. The van der Waals surface area contributed by atoms with Crippen molar-refractivity contribution in [1.82, 2.24) is 0 Å². The van der Waals surface area contributed by atoms with E-state index in [9.17, 15) is 0 Å². The van der Waals surface area contributed by atoms with Gasteiger partial charge in [0.2, 0.25) is 0 Å². The quantitative estimate of drug-likeness (QED) is 0.546. The zero-order valence-corrected chi connectivity index (χ0v) is 6.60. The topological polar surface area (TPSA) is 26.0 Å². The highest BCUT2D eigenvalue weighted by molar-refractivity contribution is 4.99. The van der Waals surface area contributed by atoms with Gasteiger partial charge in [-0.3, -0.25) is 0 Å². The first-order valence-electron chi connectivity index (χ1n) is 4.59. The Bertz CT molecular complexity index is 125. The van der Waals surface area contributed by atoms with E-state index in [2.05, 4.69) is 0 Å². The molecule has 1 spiro atoms. The number of rotatable bonds is 0. The molecule has 58 valence electrons. The molecule has 2 rings (SSSR count). The lowest BCUT2D eigenvalue weighted by molar-refractivity contribution is 0.0457. The van der Waals surface area contributed by atoms with Crippen molar-refractivity contribution < 1.29 is 0 Å². The van der Waals surface area contributed by atoms with E-state index in [1.54, 1.807) is 0 Å². The van der Waals surface area contributed by atoms with E-state index in [1.165, 1.54) is 44.9 Å². The minimum absolute atomic E-state index is 0.563. The molecule has 2 N–H and O–H groups in total. The highest BCUT2D eigenvalue weighted by atomic mass is 14.7. The molecule has 0 aromatic heterocycles. The Balaban J connectivity index is 1.99. The molecule has 0 radical (unpaired) electrons. The molecule has 1 heteroatoms. The molecule has 0 bridgehead atoms. The summed E-state index contributed by atoms with van der Waals surface area (Å²) in [4.78, 5) is 0. The summed E-state index contributed by atoms with van der Waals surface area (Å²) in [6, 6.07) is 0.563. The van der Waals surface area contributed by atoms with Gasteiger partial charge in [-0.2, -0.15) is 0 Å². The van der Waals surface area contributed by atoms with E-state index in [0.29, 0.717) is 11.5 Å². The predicted octanol–water partition coefficient (Wildman–Crippen LogP) is 2.06. The Hall–Kier alpha value is -0.0400. The molecule has 2 aliphatic rings. The molecule has 0 amide bonds. The van der Waals surface area contributed by atoms with Gasteiger partial charge in [0.25, 0.3) is 0 Å². The minimum atomic E-state index is 0.563. The summed E-state index contributed by atoms with van der Waals surface area (Å²) in [5.74, 6) is 0. The standard InChI is InChI=1S/C9H17N/c10-8-4-7-9(8)5-2-1-3-6-9/h8H,1-7,10H2. The van der Waals surface area contributed by atoms with E-state index in [4.69, 9.17) is 5.73 Å². The third-order valence-electron chi connectivity index (χ3n) is 3.59. The van der Waals surface area contributed by atoms with Crippen LogP contribution in [0.25, 0.3) is 0 Å². The molecule has 0 aliphatic heterocycles. The molecule has 2 aliphatic carbocycles. The Morgan fingerprint density at radius 1 is 1.00 bits per heavy atom. The molecule has 2 fully saturated rings. The third kappa shape index (κ3) is 0.800. The Labute approximate surface area is 63.0 Å². The number of hydrogen-bond acceptors (Lipinski definition) is 1. The summed E-state index contributed by atoms with van der Waals surface area (Å²) in [6.07, 6.45) is 9.90. The van der Waals surface area contributed by atoms with Gasteiger partial charge in [0, 0.05) is 6.04 Å². The van der Waals surface area contributed by atoms with Gasteiger partial charge in [-0.05, 0) is 31.1 Å². The molecule has 10 heavy (non-hydrogen) atoms. The highest BCUT2D eigenvalue weighted by Crippen LogP contribution is 2.50. The van der Waals surface area contributed by atoms with Crippen LogP contribution in [-0.4, -0.2) is 6.04 Å². The normalized spacial score (nSPS) is 37.5. The maximum atomic E-state index is 5.99. The summed E-state index contributed by atoms with van der Waals surface area (Å²) < 4.78 is 0. The monoisotopic (exact) mass is 139 g/mol. The molecule has 0 saturated heterocycles. The molecule has 2 saturated carbocycles. The lowest BCUT2D eigenvalue weighted by Crippen LogP contribution is -2.51. The van der Waals surface area contributed by atoms with E-state index in [0.717, 1.165) is 0 Å². The number of hydrogen-bond donors (Lipinski definition) is 1. The van der Waals surface area contributed by atoms with Gasteiger partial charge in [-0.15, -0.1) is 0 Å². The third-order valence-corrected chi connectivity index (χ3v) is 3.59. The van der Waals surface area contributed by atoms with Crippen LogP contribution in [0.15, 0.2) is 0 Å². The van der Waals surface area contributed by atoms with Crippen molar-refractivity contribution in [2.24, 2.45) is 11.1 Å². The molecule has 0 aromatic rings. The Morgan fingerprint density at radius 3 is 2.00 bits per heavy atom. The summed E-state index contributed by atoms with van der Waals surface area (Å²) in [5, 5.41) is 0. The van der Waals surface area contributed by atoms with E-state index in [1.807, 2.05) is 0 Å². The van der Waals surface area contributed by atoms with Crippen molar-refractivity contribution >= 4 is 0 Å². The fraction of sp³-hybridized carbons (Fsp3) is 1.00. The van der Waals surface area contributed by atoms with Crippen LogP contribution in [0.2, 0.25) is 0 Å². The van der Waals surface area contributed by atoms with Gasteiger partial charge in [-0.25, -0.2) is 0 Å². The van der Waals surface area contributed by atoms with Gasteiger partial charge in [0.15, 0.2) is 0 Å². The summed E-state index contributed by atoms with van der Waals surface area (Å²) in [6.45, 7) is 0. The van der Waals surface area contributed by atoms with Gasteiger partial charge < -0.3 is 5.73 Å².